The zero-order valence-corrected chi connectivity index (χ0v) is 5.04. The lowest BCUT2D eigenvalue weighted by Gasteiger charge is -2.13. The Morgan fingerprint density at radius 2 is 1.88 bits per heavy atom. The van der Waals surface area contributed by atoms with E-state index in [1.54, 1.807) is 0 Å². The number of hydrogen-bond acceptors (Lipinski definition) is 1. The van der Waals surface area contributed by atoms with E-state index in [0.717, 1.165) is 0 Å². The highest BCUT2D eigenvalue weighted by Crippen LogP contribution is 2.07. The first-order valence-electron chi connectivity index (χ1n) is 2.91. The molecule has 0 fully saturated rings. The minimum Gasteiger partial charge on any atom is -0.324 e. The number of allylic oxidation sites excluding steroid dienone is 2. The fourth-order valence-corrected chi connectivity index (χ4v) is 0.735. The lowest BCUT2D eigenvalue weighted by Crippen LogP contribution is -2.25. The second-order valence-electron chi connectivity index (χ2n) is 2.21. The summed E-state index contributed by atoms with van der Waals surface area (Å²) in [4.78, 5) is 0. The summed E-state index contributed by atoms with van der Waals surface area (Å²) in [6.07, 6.45) is 8.16. The summed E-state index contributed by atoms with van der Waals surface area (Å²) in [5.41, 5.74) is 5.64. The second kappa shape index (κ2) is 2.14. The summed E-state index contributed by atoms with van der Waals surface area (Å²) in [5.74, 6) is 0.514. The molecule has 0 aromatic heterocycles. The Balaban J connectivity index is 2.59. The third-order valence-electron chi connectivity index (χ3n) is 1.47. The van der Waals surface area contributed by atoms with Crippen LogP contribution < -0.4 is 5.73 Å². The van der Waals surface area contributed by atoms with E-state index in [4.69, 9.17) is 5.73 Å². The van der Waals surface area contributed by atoms with Crippen molar-refractivity contribution in [3.8, 4) is 0 Å². The first-order chi connectivity index (χ1) is 3.80. The molecular formula is C7H11N. The predicted octanol–water partition coefficient (Wildman–Crippen LogP) is 1.08. The van der Waals surface area contributed by atoms with Gasteiger partial charge in [0, 0.05) is 6.04 Å². The van der Waals surface area contributed by atoms with Crippen LogP contribution in [0.25, 0.3) is 0 Å². The van der Waals surface area contributed by atoms with Gasteiger partial charge in [0.15, 0.2) is 0 Å². The minimum absolute atomic E-state index is 0.236. The molecule has 1 aliphatic rings. The molecule has 0 aromatic rings. The number of rotatable bonds is 0. The van der Waals surface area contributed by atoms with Crippen LogP contribution in [0.15, 0.2) is 24.3 Å². The standard InChI is InChI=1S/C7H11N/c1-6-4-2-3-5-7(6)8/h2-7H,8H2,1H3/t6-,7+/m1/s1. The summed E-state index contributed by atoms with van der Waals surface area (Å²) in [7, 11) is 0. The lowest BCUT2D eigenvalue weighted by molar-refractivity contribution is 0.625. The fourth-order valence-electron chi connectivity index (χ4n) is 0.735. The third kappa shape index (κ3) is 0.984. The van der Waals surface area contributed by atoms with Gasteiger partial charge in [-0.15, -0.1) is 0 Å². The van der Waals surface area contributed by atoms with Crippen molar-refractivity contribution in [3.63, 3.8) is 0 Å². The predicted molar refractivity (Wildman–Crippen MR) is 35.4 cm³/mol. The van der Waals surface area contributed by atoms with E-state index < -0.39 is 0 Å². The molecule has 1 nitrogen and oxygen atoms in total. The van der Waals surface area contributed by atoms with Gasteiger partial charge in [-0.1, -0.05) is 31.2 Å². The first kappa shape index (κ1) is 5.57. The molecular weight excluding hydrogens is 98.1 g/mol. The van der Waals surface area contributed by atoms with Crippen molar-refractivity contribution >= 4 is 0 Å². The summed E-state index contributed by atoms with van der Waals surface area (Å²) < 4.78 is 0. The van der Waals surface area contributed by atoms with Gasteiger partial charge in [0.2, 0.25) is 0 Å². The molecule has 0 spiro atoms. The maximum atomic E-state index is 5.64. The normalized spacial score (nSPS) is 35.8. The van der Waals surface area contributed by atoms with Gasteiger partial charge in [-0.25, -0.2) is 0 Å². The Morgan fingerprint density at radius 1 is 1.25 bits per heavy atom. The molecule has 8 heavy (non-hydrogen) atoms. The molecule has 0 aliphatic heterocycles. The van der Waals surface area contributed by atoms with Gasteiger partial charge < -0.3 is 5.73 Å². The van der Waals surface area contributed by atoms with Crippen LogP contribution in [-0.2, 0) is 0 Å². The average molecular weight is 109 g/mol. The maximum absolute atomic E-state index is 5.64. The largest absolute Gasteiger partial charge is 0.324 e. The molecule has 44 valence electrons. The summed E-state index contributed by atoms with van der Waals surface area (Å²) >= 11 is 0. The van der Waals surface area contributed by atoms with E-state index in [1.807, 2.05) is 18.2 Å². The quantitative estimate of drug-likeness (QED) is 0.495. The smallest absolute Gasteiger partial charge is 0.0288 e. The van der Waals surface area contributed by atoms with Crippen LogP contribution >= 0.6 is 0 Å². The summed E-state index contributed by atoms with van der Waals surface area (Å²) in [6, 6.07) is 0.236. The molecule has 0 saturated heterocycles. The minimum atomic E-state index is 0.236. The van der Waals surface area contributed by atoms with E-state index in [2.05, 4.69) is 13.0 Å². The molecule has 0 heterocycles. The molecule has 0 bridgehead atoms. The zero-order chi connectivity index (χ0) is 5.98. The maximum Gasteiger partial charge on any atom is 0.0288 e. The van der Waals surface area contributed by atoms with Crippen LogP contribution in [0.1, 0.15) is 6.92 Å². The molecule has 1 aliphatic carbocycles. The van der Waals surface area contributed by atoms with Gasteiger partial charge in [0.05, 0.1) is 0 Å². The van der Waals surface area contributed by atoms with Crippen LogP contribution in [0.3, 0.4) is 0 Å². The summed E-state index contributed by atoms with van der Waals surface area (Å²) in [5, 5.41) is 0. The van der Waals surface area contributed by atoms with Gasteiger partial charge in [-0.3, -0.25) is 0 Å². The van der Waals surface area contributed by atoms with E-state index in [0.29, 0.717) is 5.92 Å². The number of hydrogen-bond donors (Lipinski definition) is 1. The van der Waals surface area contributed by atoms with Gasteiger partial charge in [0.1, 0.15) is 0 Å². The molecule has 2 atom stereocenters. The van der Waals surface area contributed by atoms with Crippen molar-refractivity contribution < 1.29 is 0 Å². The van der Waals surface area contributed by atoms with Crippen LogP contribution in [-0.4, -0.2) is 6.04 Å². The highest BCUT2D eigenvalue weighted by molar-refractivity contribution is 5.15. The number of nitrogens with two attached hydrogens (primary N) is 1. The van der Waals surface area contributed by atoms with Crippen molar-refractivity contribution in [2.24, 2.45) is 11.7 Å². The topological polar surface area (TPSA) is 26.0 Å². The van der Waals surface area contributed by atoms with Gasteiger partial charge in [0.25, 0.3) is 0 Å². The molecule has 1 heteroatoms. The van der Waals surface area contributed by atoms with Crippen LogP contribution in [0.5, 0.6) is 0 Å². The molecule has 0 unspecified atom stereocenters. The monoisotopic (exact) mass is 109 g/mol. The summed E-state index contributed by atoms with van der Waals surface area (Å²) in [6.45, 7) is 2.12. The molecule has 2 N–H and O–H groups in total. The molecule has 0 amide bonds. The molecule has 1 rings (SSSR count). The highest BCUT2D eigenvalue weighted by Gasteiger charge is 2.06. The van der Waals surface area contributed by atoms with Crippen LogP contribution in [0, 0.1) is 5.92 Å². The van der Waals surface area contributed by atoms with Crippen LogP contribution in [0.4, 0.5) is 0 Å². The lowest BCUT2D eigenvalue weighted by atomic mass is 9.98. The van der Waals surface area contributed by atoms with Gasteiger partial charge >= 0.3 is 0 Å². The van der Waals surface area contributed by atoms with Gasteiger partial charge in [-0.05, 0) is 5.92 Å². The van der Waals surface area contributed by atoms with E-state index in [1.165, 1.54) is 0 Å². The zero-order valence-electron chi connectivity index (χ0n) is 5.04. The Kier molecular flexibility index (Phi) is 1.49. The van der Waals surface area contributed by atoms with E-state index in [9.17, 15) is 0 Å². The molecule has 0 saturated carbocycles. The van der Waals surface area contributed by atoms with Crippen molar-refractivity contribution in [2.45, 2.75) is 13.0 Å². The highest BCUT2D eigenvalue weighted by atomic mass is 14.6. The fraction of sp³-hybridized carbons (Fsp3) is 0.429. The Labute approximate surface area is 49.9 Å². The Morgan fingerprint density at radius 3 is 2.25 bits per heavy atom. The Hall–Kier alpha value is -0.560. The second-order valence-corrected chi connectivity index (χ2v) is 2.21. The molecule has 0 radical (unpaired) electrons. The van der Waals surface area contributed by atoms with Gasteiger partial charge in [-0.2, -0.15) is 0 Å². The van der Waals surface area contributed by atoms with Crippen molar-refractivity contribution in [1.29, 1.82) is 0 Å². The van der Waals surface area contributed by atoms with Crippen molar-refractivity contribution in [3.05, 3.63) is 24.3 Å². The third-order valence-corrected chi connectivity index (χ3v) is 1.47. The van der Waals surface area contributed by atoms with Crippen molar-refractivity contribution in [1.82, 2.24) is 0 Å². The van der Waals surface area contributed by atoms with Crippen LogP contribution in [0.2, 0.25) is 0 Å². The molecule has 0 aromatic carbocycles. The Bertz CT molecular complexity index is 108. The SMILES string of the molecule is C[C@@H]1C=CC=C[C@@H]1N. The average Bonchev–Trinajstić information content (AvgIpc) is 1.77. The first-order valence-corrected chi connectivity index (χ1v) is 2.91. The van der Waals surface area contributed by atoms with E-state index >= 15 is 0 Å². The van der Waals surface area contributed by atoms with Crippen molar-refractivity contribution in [2.75, 3.05) is 0 Å². The van der Waals surface area contributed by atoms with E-state index in [-0.39, 0.29) is 6.04 Å².